The molecule has 0 spiro atoms. The van der Waals surface area contributed by atoms with Crippen LogP contribution >= 0.6 is 34.2 Å². The van der Waals surface area contributed by atoms with Crippen LogP contribution in [0.3, 0.4) is 0 Å². The number of hydrogen-bond acceptors (Lipinski definition) is 1. The molecule has 1 aliphatic heterocycles. The fourth-order valence-electron chi connectivity index (χ4n) is 2.53. The van der Waals surface area contributed by atoms with Crippen molar-refractivity contribution < 1.29 is 0 Å². The molecule has 0 N–H and O–H groups in total. The molecule has 1 fully saturated rings. The van der Waals surface area contributed by atoms with Gasteiger partial charge in [0.15, 0.2) is 0 Å². The van der Waals surface area contributed by atoms with E-state index < -0.39 is 0 Å². The van der Waals surface area contributed by atoms with Crippen LogP contribution in [0.4, 0.5) is 0 Å². The fraction of sp³-hybridized carbons (Fsp3) is 0.571. The van der Waals surface area contributed by atoms with Crippen molar-refractivity contribution in [3.05, 3.63) is 33.4 Å². The Balaban J connectivity index is 1.87. The van der Waals surface area contributed by atoms with Crippen LogP contribution in [-0.4, -0.2) is 23.9 Å². The van der Waals surface area contributed by atoms with Crippen LogP contribution < -0.4 is 0 Å². The van der Waals surface area contributed by atoms with Gasteiger partial charge in [-0.25, -0.2) is 0 Å². The molecule has 0 bridgehead atoms. The van der Waals surface area contributed by atoms with Crippen LogP contribution in [0.2, 0.25) is 0 Å². The number of piperidine rings is 1. The molecular formula is C14H19ClIN. The van der Waals surface area contributed by atoms with Gasteiger partial charge >= 0.3 is 0 Å². The van der Waals surface area contributed by atoms with Gasteiger partial charge in [0.1, 0.15) is 0 Å². The zero-order valence-corrected chi connectivity index (χ0v) is 13.0. The summed E-state index contributed by atoms with van der Waals surface area (Å²) in [5.74, 6) is 1.62. The van der Waals surface area contributed by atoms with E-state index >= 15 is 0 Å². The van der Waals surface area contributed by atoms with E-state index in [0.29, 0.717) is 0 Å². The van der Waals surface area contributed by atoms with Crippen molar-refractivity contribution in [2.75, 3.05) is 19.0 Å². The minimum Gasteiger partial charge on any atom is -0.299 e. The fourth-order valence-corrected chi connectivity index (χ4v) is 3.20. The molecule has 0 aliphatic carbocycles. The lowest BCUT2D eigenvalue weighted by Gasteiger charge is -2.32. The van der Waals surface area contributed by atoms with Crippen LogP contribution in [0, 0.1) is 9.49 Å². The molecular weight excluding hydrogens is 345 g/mol. The SMILES string of the molecule is ClCCC1CCCN(Cc2ccc(I)cc2)C1. The molecule has 0 aromatic heterocycles. The van der Waals surface area contributed by atoms with Gasteiger partial charge in [-0.3, -0.25) is 4.90 Å². The smallest absolute Gasteiger partial charge is 0.0233 e. The number of benzene rings is 1. The minimum atomic E-state index is 0.808. The summed E-state index contributed by atoms with van der Waals surface area (Å²) in [5, 5.41) is 0. The van der Waals surface area contributed by atoms with Crippen LogP contribution in [0.15, 0.2) is 24.3 Å². The third kappa shape index (κ3) is 4.42. The Morgan fingerprint density at radius 3 is 2.76 bits per heavy atom. The highest BCUT2D eigenvalue weighted by Crippen LogP contribution is 2.21. The average Bonchev–Trinajstić information content (AvgIpc) is 2.33. The minimum absolute atomic E-state index is 0.808. The first-order chi connectivity index (χ1) is 8.28. The van der Waals surface area contributed by atoms with Gasteiger partial charge in [-0.1, -0.05) is 12.1 Å². The summed E-state index contributed by atoms with van der Waals surface area (Å²) in [6, 6.07) is 8.87. The molecule has 1 aromatic rings. The monoisotopic (exact) mass is 363 g/mol. The summed E-state index contributed by atoms with van der Waals surface area (Å²) in [6.07, 6.45) is 3.85. The van der Waals surface area contributed by atoms with Crippen molar-refractivity contribution in [2.45, 2.75) is 25.8 Å². The first-order valence-electron chi connectivity index (χ1n) is 6.30. The number of halogens is 2. The van der Waals surface area contributed by atoms with Gasteiger partial charge in [-0.05, 0) is 72.0 Å². The molecule has 1 heterocycles. The average molecular weight is 364 g/mol. The number of nitrogens with zero attached hydrogens (tertiary/aromatic N) is 1. The summed E-state index contributed by atoms with van der Waals surface area (Å²) >= 11 is 8.19. The van der Waals surface area contributed by atoms with Gasteiger partial charge in [0, 0.05) is 22.5 Å². The molecule has 2 rings (SSSR count). The molecule has 17 heavy (non-hydrogen) atoms. The number of hydrogen-bond donors (Lipinski definition) is 0. The van der Waals surface area contributed by atoms with Crippen molar-refractivity contribution >= 4 is 34.2 Å². The Bertz CT molecular complexity index is 337. The van der Waals surface area contributed by atoms with Gasteiger partial charge in [0.05, 0.1) is 0 Å². The molecule has 94 valence electrons. The lowest BCUT2D eigenvalue weighted by Crippen LogP contribution is -2.35. The molecule has 1 aromatic carbocycles. The molecule has 1 unspecified atom stereocenters. The predicted octanol–water partition coefficient (Wildman–Crippen LogP) is 4.13. The Morgan fingerprint density at radius 2 is 2.06 bits per heavy atom. The van der Waals surface area contributed by atoms with Crippen molar-refractivity contribution in [3.63, 3.8) is 0 Å². The molecule has 3 heteroatoms. The second kappa shape index (κ2) is 6.95. The van der Waals surface area contributed by atoms with E-state index in [-0.39, 0.29) is 0 Å². The van der Waals surface area contributed by atoms with E-state index in [1.165, 1.54) is 41.5 Å². The molecule has 0 radical (unpaired) electrons. The zero-order valence-electron chi connectivity index (χ0n) is 10.0. The Morgan fingerprint density at radius 1 is 1.29 bits per heavy atom. The molecule has 1 saturated heterocycles. The van der Waals surface area contributed by atoms with Crippen LogP contribution in [0.1, 0.15) is 24.8 Å². The van der Waals surface area contributed by atoms with Crippen molar-refractivity contribution in [3.8, 4) is 0 Å². The van der Waals surface area contributed by atoms with E-state index in [9.17, 15) is 0 Å². The van der Waals surface area contributed by atoms with E-state index in [4.69, 9.17) is 11.6 Å². The van der Waals surface area contributed by atoms with Crippen LogP contribution in [0.25, 0.3) is 0 Å². The van der Waals surface area contributed by atoms with Crippen molar-refractivity contribution in [1.29, 1.82) is 0 Å². The highest BCUT2D eigenvalue weighted by Gasteiger charge is 2.19. The first-order valence-corrected chi connectivity index (χ1v) is 7.92. The van der Waals surface area contributed by atoms with Gasteiger partial charge < -0.3 is 0 Å². The Labute approximate surface area is 123 Å². The number of likely N-dealkylation sites (tertiary alicyclic amines) is 1. The predicted molar refractivity (Wildman–Crippen MR) is 82.5 cm³/mol. The number of alkyl halides is 1. The first kappa shape index (κ1) is 13.6. The quantitative estimate of drug-likeness (QED) is 0.574. The summed E-state index contributed by atoms with van der Waals surface area (Å²) in [4.78, 5) is 2.57. The maximum Gasteiger partial charge on any atom is 0.0233 e. The normalized spacial score (nSPS) is 21.6. The third-order valence-corrected chi connectivity index (χ3v) is 4.38. The van der Waals surface area contributed by atoms with Gasteiger partial charge in [0.25, 0.3) is 0 Å². The van der Waals surface area contributed by atoms with Gasteiger partial charge in [-0.15, -0.1) is 11.6 Å². The Kier molecular flexibility index (Phi) is 5.57. The molecule has 1 atom stereocenters. The maximum atomic E-state index is 5.84. The van der Waals surface area contributed by atoms with Crippen LogP contribution in [-0.2, 0) is 6.54 Å². The van der Waals surface area contributed by atoms with Gasteiger partial charge in [0.2, 0.25) is 0 Å². The van der Waals surface area contributed by atoms with Crippen molar-refractivity contribution in [1.82, 2.24) is 4.90 Å². The summed E-state index contributed by atoms with van der Waals surface area (Å²) < 4.78 is 1.31. The standard InChI is InChI=1S/C14H19ClIN/c15-8-7-12-2-1-9-17(10-12)11-13-3-5-14(16)6-4-13/h3-6,12H,1-2,7-11H2. The lowest BCUT2D eigenvalue weighted by atomic mass is 9.95. The summed E-state index contributed by atoms with van der Waals surface area (Å²) in [6.45, 7) is 3.55. The third-order valence-electron chi connectivity index (χ3n) is 3.44. The maximum absolute atomic E-state index is 5.84. The lowest BCUT2D eigenvalue weighted by molar-refractivity contribution is 0.165. The van der Waals surface area contributed by atoms with E-state index in [1.54, 1.807) is 0 Å². The molecule has 1 nitrogen and oxygen atoms in total. The second-order valence-corrected chi connectivity index (χ2v) is 6.47. The van der Waals surface area contributed by atoms with Crippen molar-refractivity contribution in [2.24, 2.45) is 5.92 Å². The summed E-state index contributed by atoms with van der Waals surface area (Å²) in [7, 11) is 0. The largest absolute Gasteiger partial charge is 0.299 e. The summed E-state index contributed by atoms with van der Waals surface area (Å²) in [5.41, 5.74) is 1.43. The molecule has 0 saturated carbocycles. The zero-order chi connectivity index (χ0) is 12.1. The number of rotatable bonds is 4. The molecule has 1 aliphatic rings. The topological polar surface area (TPSA) is 3.24 Å². The van der Waals surface area contributed by atoms with Crippen LogP contribution in [0.5, 0.6) is 0 Å². The second-order valence-electron chi connectivity index (χ2n) is 4.85. The highest BCUT2D eigenvalue weighted by atomic mass is 127. The van der Waals surface area contributed by atoms with E-state index in [1.807, 2.05) is 0 Å². The highest BCUT2D eigenvalue weighted by molar-refractivity contribution is 14.1. The Hall–Kier alpha value is 0.200. The molecule has 0 amide bonds. The van der Waals surface area contributed by atoms with E-state index in [2.05, 4.69) is 51.8 Å². The van der Waals surface area contributed by atoms with E-state index in [0.717, 1.165) is 18.3 Å². The van der Waals surface area contributed by atoms with Gasteiger partial charge in [-0.2, -0.15) is 0 Å².